The fraction of sp³-hybridized carbons (Fsp3) is 0.538. The highest BCUT2D eigenvalue weighted by molar-refractivity contribution is 5.94. The summed E-state index contributed by atoms with van der Waals surface area (Å²) in [5, 5.41) is 3.29. The number of nitrogens with one attached hydrogen (secondary N) is 1. The molecule has 0 radical (unpaired) electrons. The molecule has 4 rings (SSSR count). The van der Waals surface area contributed by atoms with Gasteiger partial charge in [0.05, 0.1) is 12.1 Å². The number of amides is 1. The first-order chi connectivity index (χ1) is 16.2. The third-order valence-corrected chi connectivity index (χ3v) is 6.25. The molecule has 1 aliphatic heterocycles. The molecule has 7 nitrogen and oxygen atoms in total. The van der Waals surface area contributed by atoms with E-state index in [4.69, 9.17) is 4.74 Å². The molecule has 1 N–H and O–H groups in total. The van der Waals surface area contributed by atoms with E-state index in [-0.39, 0.29) is 29.5 Å². The first kappa shape index (κ1) is 24.1. The highest BCUT2D eigenvalue weighted by Gasteiger charge is 2.31. The van der Waals surface area contributed by atoms with E-state index in [0.717, 1.165) is 44.0 Å². The van der Waals surface area contributed by atoms with Crippen LogP contribution in [0.2, 0.25) is 0 Å². The fourth-order valence-electron chi connectivity index (χ4n) is 4.64. The molecule has 1 saturated heterocycles. The van der Waals surface area contributed by atoms with Gasteiger partial charge in [-0.15, -0.1) is 0 Å². The van der Waals surface area contributed by atoms with Gasteiger partial charge in [-0.25, -0.2) is 14.4 Å². The Morgan fingerprint density at radius 3 is 2.79 bits per heavy atom. The van der Waals surface area contributed by atoms with Crippen LogP contribution in [0, 0.1) is 11.7 Å². The molecule has 1 saturated carbocycles. The lowest BCUT2D eigenvalue weighted by atomic mass is 9.85. The highest BCUT2D eigenvalue weighted by atomic mass is 19.1. The Kier molecular flexibility index (Phi) is 7.14. The minimum Gasteiger partial charge on any atom is -0.460 e. The molecule has 182 valence electrons. The minimum absolute atomic E-state index is 0.00175. The second-order valence-corrected chi connectivity index (χ2v) is 10.2. The number of aromatic nitrogens is 2. The van der Waals surface area contributed by atoms with Gasteiger partial charge in [-0.2, -0.15) is 0 Å². The van der Waals surface area contributed by atoms with Crippen molar-refractivity contribution >= 4 is 23.5 Å². The van der Waals surface area contributed by atoms with Crippen molar-refractivity contribution in [3.8, 4) is 11.3 Å². The number of hydrogen-bond acceptors (Lipinski definition) is 6. The maximum absolute atomic E-state index is 14.7. The molecule has 1 aromatic carbocycles. The van der Waals surface area contributed by atoms with Gasteiger partial charge in [0.2, 0.25) is 11.9 Å². The number of anilines is 2. The van der Waals surface area contributed by atoms with Crippen molar-refractivity contribution < 1.29 is 18.7 Å². The topological polar surface area (TPSA) is 84.4 Å². The summed E-state index contributed by atoms with van der Waals surface area (Å²) >= 11 is 0. The summed E-state index contributed by atoms with van der Waals surface area (Å²) in [7, 11) is 0. The third-order valence-electron chi connectivity index (χ3n) is 6.25. The summed E-state index contributed by atoms with van der Waals surface area (Å²) in [5.74, 6) is -0.465. The summed E-state index contributed by atoms with van der Waals surface area (Å²) in [6, 6.07) is 7.27. The van der Waals surface area contributed by atoms with Crippen LogP contribution in [0.1, 0.15) is 65.7 Å². The summed E-state index contributed by atoms with van der Waals surface area (Å²) < 4.78 is 20.3. The molecule has 8 heteroatoms. The Morgan fingerprint density at radius 2 is 2.03 bits per heavy atom. The molecule has 1 aliphatic carbocycles. The number of esters is 1. The number of hydrogen-bond donors (Lipinski definition) is 1. The zero-order valence-corrected chi connectivity index (χ0v) is 20.1. The van der Waals surface area contributed by atoms with Crippen LogP contribution in [0.15, 0.2) is 30.5 Å². The van der Waals surface area contributed by atoms with E-state index in [9.17, 15) is 14.0 Å². The lowest BCUT2D eigenvalue weighted by molar-refractivity contribution is -0.161. The second-order valence-electron chi connectivity index (χ2n) is 10.2. The van der Waals surface area contributed by atoms with Crippen LogP contribution in [-0.2, 0) is 14.3 Å². The number of halogens is 1. The van der Waals surface area contributed by atoms with Crippen LogP contribution < -0.4 is 10.2 Å². The van der Waals surface area contributed by atoms with Gasteiger partial charge in [0.25, 0.3) is 0 Å². The van der Waals surface area contributed by atoms with Crippen LogP contribution in [0.3, 0.4) is 0 Å². The van der Waals surface area contributed by atoms with E-state index in [2.05, 4.69) is 15.3 Å². The Labute approximate surface area is 200 Å². The molecule has 0 bridgehead atoms. The largest absolute Gasteiger partial charge is 0.460 e. The Balaban J connectivity index is 1.49. The van der Waals surface area contributed by atoms with E-state index in [1.807, 2.05) is 32.9 Å². The van der Waals surface area contributed by atoms with Gasteiger partial charge in [-0.05, 0) is 65.0 Å². The van der Waals surface area contributed by atoms with Crippen molar-refractivity contribution in [2.24, 2.45) is 5.92 Å². The SMILES string of the molecule is CC(C)(C)OC(=O)[C@@H]1CCC[C@H](Nc2ncc(F)c(-c3cccc(N4CCCCC4=O)c3)n2)C1. The molecule has 1 amide bonds. The first-order valence-electron chi connectivity index (χ1n) is 12.1. The Morgan fingerprint density at radius 1 is 1.21 bits per heavy atom. The standard InChI is InChI=1S/C26H33FN4O3/c1-26(2,3)34-24(33)18-9-6-10-19(14-18)29-25-28-16-21(27)23(30-25)17-8-7-11-20(15-17)31-13-5-4-12-22(31)32/h7-8,11,15-16,18-19H,4-6,9-10,12-14H2,1-3H3,(H,28,29,30)/t18-,19+/m1/s1. The number of rotatable bonds is 5. The van der Waals surface area contributed by atoms with Gasteiger partial charge in [0, 0.05) is 30.3 Å². The fourth-order valence-corrected chi connectivity index (χ4v) is 4.64. The lowest BCUT2D eigenvalue weighted by Crippen LogP contribution is -2.35. The van der Waals surface area contributed by atoms with Crippen molar-refractivity contribution in [1.82, 2.24) is 9.97 Å². The van der Waals surface area contributed by atoms with E-state index < -0.39 is 11.4 Å². The summed E-state index contributed by atoms with van der Waals surface area (Å²) in [4.78, 5) is 35.2. The number of piperidine rings is 1. The average Bonchev–Trinajstić information content (AvgIpc) is 2.80. The van der Waals surface area contributed by atoms with Crippen LogP contribution in [0.25, 0.3) is 11.3 Å². The van der Waals surface area contributed by atoms with Gasteiger partial charge in [0.15, 0.2) is 5.82 Å². The van der Waals surface area contributed by atoms with Crippen molar-refractivity contribution in [3.05, 3.63) is 36.3 Å². The van der Waals surface area contributed by atoms with Crippen LogP contribution >= 0.6 is 0 Å². The normalized spacial score (nSPS) is 21.3. The molecule has 2 aromatic rings. The number of carbonyl (C=O) groups is 2. The second kappa shape index (κ2) is 10.1. The molecule has 0 unspecified atom stereocenters. The predicted molar refractivity (Wildman–Crippen MR) is 129 cm³/mol. The Bertz CT molecular complexity index is 1050. The molecule has 2 atom stereocenters. The molecular weight excluding hydrogens is 435 g/mol. The van der Waals surface area contributed by atoms with E-state index in [0.29, 0.717) is 30.9 Å². The van der Waals surface area contributed by atoms with Crippen LogP contribution in [0.4, 0.5) is 16.0 Å². The monoisotopic (exact) mass is 468 g/mol. The summed E-state index contributed by atoms with van der Waals surface area (Å²) in [6.07, 6.45) is 6.74. The summed E-state index contributed by atoms with van der Waals surface area (Å²) in [6.45, 7) is 6.27. The van der Waals surface area contributed by atoms with Crippen LogP contribution in [0.5, 0.6) is 0 Å². The van der Waals surface area contributed by atoms with E-state index >= 15 is 0 Å². The maximum atomic E-state index is 14.7. The van der Waals surface area contributed by atoms with Crippen molar-refractivity contribution in [3.63, 3.8) is 0 Å². The molecule has 2 fully saturated rings. The first-order valence-corrected chi connectivity index (χ1v) is 12.1. The van der Waals surface area contributed by atoms with Gasteiger partial charge < -0.3 is 15.0 Å². The minimum atomic E-state index is -0.525. The zero-order chi connectivity index (χ0) is 24.3. The van der Waals surface area contributed by atoms with Crippen molar-refractivity contribution in [1.29, 1.82) is 0 Å². The highest BCUT2D eigenvalue weighted by Crippen LogP contribution is 2.30. The summed E-state index contributed by atoms with van der Waals surface area (Å²) in [5.41, 5.74) is 1.01. The number of ether oxygens (including phenoxy) is 1. The van der Waals surface area contributed by atoms with Crippen molar-refractivity contribution in [2.45, 2.75) is 77.4 Å². The van der Waals surface area contributed by atoms with Gasteiger partial charge in [-0.3, -0.25) is 9.59 Å². The van der Waals surface area contributed by atoms with Gasteiger partial charge in [0.1, 0.15) is 11.3 Å². The lowest BCUT2D eigenvalue weighted by Gasteiger charge is -2.30. The zero-order valence-electron chi connectivity index (χ0n) is 20.1. The van der Waals surface area contributed by atoms with Gasteiger partial charge in [-0.1, -0.05) is 18.6 Å². The number of benzene rings is 1. The number of carbonyl (C=O) groups excluding carboxylic acids is 2. The molecular formula is C26H33FN4O3. The molecule has 34 heavy (non-hydrogen) atoms. The van der Waals surface area contributed by atoms with Crippen molar-refractivity contribution in [2.75, 3.05) is 16.8 Å². The predicted octanol–water partition coefficient (Wildman–Crippen LogP) is 5.11. The quantitative estimate of drug-likeness (QED) is 0.614. The maximum Gasteiger partial charge on any atom is 0.309 e. The Hall–Kier alpha value is -3.03. The average molecular weight is 469 g/mol. The number of nitrogens with zero attached hydrogens (tertiary/aromatic N) is 3. The molecule has 2 heterocycles. The smallest absolute Gasteiger partial charge is 0.309 e. The molecule has 2 aliphatic rings. The van der Waals surface area contributed by atoms with Crippen LogP contribution in [-0.4, -0.2) is 40.0 Å². The molecule has 0 spiro atoms. The van der Waals surface area contributed by atoms with E-state index in [1.54, 1.807) is 17.0 Å². The molecule has 1 aromatic heterocycles. The third kappa shape index (κ3) is 5.90. The van der Waals surface area contributed by atoms with Gasteiger partial charge >= 0.3 is 5.97 Å². The van der Waals surface area contributed by atoms with E-state index in [1.165, 1.54) is 0 Å².